The molecular formula is C6H11ClO3. The molecule has 1 atom stereocenters. The fourth-order valence-electron chi connectivity index (χ4n) is 0.826. The molecule has 3 nitrogen and oxygen atoms in total. The van der Waals surface area contributed by atoms with Crippen LogP contribution in [0, 0.1) is 0 Å². The van der Waals surface area contributed by atoms with Crippen molar-refractivity contribution in [1.29, 1.82) is 0 Å². The van der Waals surface area contributed by atoms with Crippen LogP contribution < -0.4 is 0 Å². The summed E-state index contributed by atoms with van der Waals surface area (Å²) in [6.45, 7) is 2.11. The number of esters is 1. The van der Waals surface area contributed by atoms with Crippen molar-refractivity contribution in [2.24, 2.45) is 0 Å². The van der Waals surface area contributed by atoms with Gasteiger partial charge in [0.1, 0.15) is 0 Å². The standard InChI is InChI=1S/C6H10O3.ClH/c1-5(7)9-6-3-2-4-8-6;/h6H,2-4H2,1H3;1H. The van der Waals surface area contributed by atoms with Gasteiger partial charge in [0.15, 0.2) is 0 Å². The van der Waals surface area contributed by atoms with Crippen LogP contribution in [0.2, 0.25) is 0 Å². The third-order valence-electron chi connectivity index (χ3n) is 1.19. The number of ether oxygens (including phenoxy) is 2. The van der Waals surface area contributed by atoms with Crippen LogP contribution >= 0.6 is 12.4 Å². The molecule has 0 radical (unpaired) electrons. The Morgan fingerprint density at radius 3 is 2.80 bits per heavy atom. The van der Waals surface area contributed by atoms with Gasteiger partial charge in [0, 0.05) is 13.3 Å². The molecule has 0 bridgehead atoms. The average molecular weight is 167 g/mol. The number of hydrogen-bond donors (Lipinski definition) is 0. The maximum atomic E-state index is 10.3. The lowest BCUT2D eigenvalue weighted by Crippen LogP contribution is -2.13. The quantitative estimate of drug-likeness (QED) is 0.548. The molecule has 4 heteroatoms. The summed E-state index contributed by atoms with van der Waals surface area (Å²) in [5, 5.41) is 0. The minimum absolute atomic E-state index is 0. The molecule has 1 fully saturated rings. The summed E-state index contributed by atoms with van der Waals surface area (Å²) >= 11 is 0. The first-order valence-corrected chi connectivity index (χ1v) is 3.08. The summed E-state index contributed by atoms with van der Waals surface area (Å²) in [4.78, 5) is 10.3. The fraction of sp³-hybridized carbons (Fsp3) is 0.833. The zero-order chi connectivity index (χ0) is 6.69. The largest absolute Gasteiger partial charge is 0.436 e. The van der Waals surface area contributed by atoms with Crippen LogP contribution in [0.4, 0.5) is 0 Å². The first-order valence-electron chi connectivity index (χ1n) is 3.08. The molecule has 1 heterocycles. The van der Waals surface area contributed by atoms with E-state index in [1.807, 2.05) is 0 Å². The fourth-order valence-corrected chi connectivity index (χ4v) is 0.826. The summed E-state index contributed by atoms with van der Waals surface area (Å²) < 4.78 is 9.77. The van der Waals surface area contributed by atoms with Gasteiger partial charge in [-0.15, -0.1) is 12.4 Å². The van der Waals surface area contributed by atoms with Crippen LogP contribution in [0.15, 0.2) is 0 Å². The van der Waals surface area contributed by atoms with Crippen LogP contribution in [0.1, 0.15) is 19.8 Å². The second-order valence-corrected chi connectivity index (χ2v) is 2.05. The molecule has 0 aromatic carbocycles. The predicted octanol–water partition coefficient (Wildman–Crippen LogP) is 1.11. The van der Waals surface area contributed by atoms with Crippen molar-refractivity contribution in [1.82, 2.24) is 0 Å². The van der Waals surface area contributed by atoms with E-state index < -0.39 is 0 Å². The molecule has 0 aliphatic carbocycles. The lowest BCUT2D eigenvalue weighted by Gasteiger charge is -2.07. The van der Waals surface area contributed by atoms with Crippen LogP contribution in [0.3, 0.4) is 0 Å². The highest BCUT2D eigenvalue weighted by Gasteiger charge is 2.17. The molecule has 1 unspecified atom stereocenters. The molecule has 0 N–H and O–H groups in total. The van der Waals surface area contributed by atoms with Gasteiger partial charge in [-0.25, -0.2) is 0 Å². The summed E-state index contributed by atoms with van der Waals surface area (Å²) in [7, 11) is 0. The third-order valence-corrected chi connectivity index (χ3v) is 1.19. The molecule has 1 aliphatic heterocycles. The number of carbonyl (C=O) groups excluding carboxylic acids is 1. The van der Waals surface area contributed by atoms with E-state index in [-0.39, 0.29) is 24.7 Å². The zero-order valence-corrected chi connectivity index (χ0v) is 6.65. The zero-order valence-electron chi connectivity index (χ0n) is 5.83. The smallest absolute Gasteiger partial charge is 0.304 e. The molecule has 10 heavy (non-hydrogen) atoms. The van der Waals surface area contributed by atoms with Gasteiger partial charge in [-0.3, -0.25) is 4.79 Å². The molecule has 0 aromatic heterocycles. The summed E-state index contributed by atoms with van der Waals surface area (Å²) in [5.74, 6) is -0.262. The van der Waals surface area contributed by atoms with Gasteiger partial charge in [-0.1, -0.05) is 0 Å². The van der Waals surface area contributed by atoms with E-state index in [1.165, 1.54) is 6.92 Å². The van der Waals surface area contributed by atoms with Crippen molar-refractivity contribution >= 4 is 18.4 Å². The summed E-state index contributed by atoms with van der Waals surface area (Å²) in [5.41, 5.74) is 0. The van der Waals surface area contributed by atoms with E-state index in [0.717, 1.165) is 19.4 Å². The van der Waals surface area contributed by atoms with E-state index in [9.17, 15) is 4.79 Å². The Kier molecular flexibility index (Phi) is 4.40. The van der Waals surface area contributed by atoms with Crippen LogP contribution in [0.25, 0.3) is 0 Å². The Labute approximate surface area is 66.1 Å². The first kappa shape index (κ1) is 9.72. The van der Waals surface area contributed by atoms with Crippen molar-refractivity contribution in [3.05, 3.63) is 0 Å². The molecule has 0 amide bonds. The van der Waals surface area contributed by atoms with E-state index >= 15 is 0 Å². The van der Waals surface area contributed by atoms with Gasteiger partial charge in [-0.2, -0.15) is 0 Å². The number of rotatable bonds is 1. The maximum Gasteiger partial charge on any atom is 0.304 e. The highest BCUT2D eigenvalue weighted by molar-refractivity contribution is 5.85. The maximum absolute atomic E-state index is 10.3. The molecule has 0 aromatic rings. The number of halogens is 1. The average Bonchev–Trinajstić information content (AvgIpc) is 2.15. The summed E-state index contributed by atoms with van der Waals surface area (Å²) in [6.07, 6.45) is 1.58. The predicted molar refractivity (Wildman–Crippen MR) is 38.0 cm³/mol. The Morgan fingerprint density at radius 1 is 1.70 bits per heavy atom. The highest BCUT2D eigenvalue weighted by atomic mass is 35.5. The second kappa shape index (κ2) is 4.52. The first-order chi connectivity index (χ1) is 4.29. The number of hydrogen-bond acceptors (Lipinski definition) is 3. The lowest BCUT2D eigenvalue weighted by atomic mass is 10.4. The Hall–Kier alpha value is -0.280. The lowest BCUT2D eigenvalue weighted by molar-refractivity contribution is -0.166. The molecule has 1 rings (SSSR count). The molecule has 60 valence electrons. The van der Waals surface area contributed by atoms with Gasteiger partial charge in [-0.05, 0) is 6.42 Å². The van der Waals surface area contributed by atoms with Crippen molar-refractivity contribution in [3.63, 3.8) is 0 Å². The molecule has 1 aliphatic rings. The van der Waals surface area contributed by atoms with Gasteiger partial charge < -0.3 is 9.47 Å². The van der Waals surface area contributed by atoms with Crippen LogP contribution in [-0.2, 0) is 14.3 Å². The van der Waals surface area contributed by atoms with Gasteiger partial charge >= 0.3 is 5.97 Å². The second-order valence-electron chi connectivity index (χ2n) is 2.05. The summed E-state index contributed by atoms with van der Waals surface area (Å²) in [6, 6.07) is 0. The van der Waals surface area contributed by atoms with Gasteiger partial charge in [0.2, 0.25) is 6.29 Å². The molecule has 1 saturated heterocycles. The van der Waals surface area contributed by atoms with Gasteiger partial charge in [0.05, 0.1) is 6.61 Å². The molecular weight excluding hydrogens is 156 g/mol. The minimum Gasteiger partial charge on any atom is -0.436 e. The molecule has 0 saturated carbocycles. The SMILES string of the molecule is CC(=O)OC1CCCO1.Cl. The topological polar surface area (TPSA) is 35.5 Å². The van der Waals surface area contributed by atoms with Crippen molar-refractivity contribution in [2.75, 3.05) is 6.61 Å². The normalized spacial score (nSPS) is 23.5. The third kappa shape index (κ3) is 3.03. The molecule has 0 spiro atoms. The van der Waals surface area contributed by atoms with E-state index in [4.69, 9.17) is 9.47 Å². The highest BCUT2D eigenvalue weighted by Crippen LogP contribution is 2.12. The van der Waals surface area contributed by atoms with E-state index in [1.54, 1.807) is 0 Å². The Bertz CT molecular complexity index is 110. The minimum atomic E-state index is -0.262. The van der Waals surface area contributed by atoms with E-state index in [2.05, 4.69) is 0 Å². The Balaban J connectivity index is 0.000000810. The van der Waals surface area contributed by atoms with Crippen molar-refractivity contribution in [2.45, 2.75) is 26.1 Å². The van der Waals surface area contributed by atoms with E-state index in [0.29, 0.717) is 0 Å². The van der Waals surface area contributed by atoms with Crippen LogP contribution in [0.5, 0.6) is 0 Å². The van der Waals surface area contributed by atoms with Gasteiger partial charge in [0.25, 0.3) is 0 Å². The number of carbonyl (C=O) groups is 1. The van der Waals surface area contributed by atoms with Crippen molar-refractivity contribution < 1.29 is 14.3 Å². The Morgan fingerprint density at radius 2 is 2.40 bits per heavy atom. The van der Waals surface area contributed by atoms with Crippen molar-refractivity contribution in [3.8, 4) is 0 Å². The van der Waals surface area contributed by atoms with Crippen LogP contribution in [-0.4, -0.2) is 18.9 Å². The monoisotopic (exact) mass is 166 g/mol.